The number of ketones is 1. The van der Waals surface area contributed by atoms with Gasteiger partial charge in [0.05, 0.1) is 43.9 Å². The van der Waals surface area contributed by atoms with Crippen molar-refractivity contribution in [3.05, 3.63) is 54.3 Å². The van der Waals surface area contributed by atoms with Crippen molar-refractivity contribution in [2.75, 3.05) is 13.2 Å². The minimum absolute atomic E-state index is 0.0430. The van der Waals surface area contributed by atoms with E-state index in [1.807, 2.05) is 44.2 Å². The molecule has 4 heterocycles. The summed E-state index contributed by atoms with van der Waals surface area (Å²) in [4.78, 5) is 27.7. The summed E-state index contributed by atoms with van der Waals surface area (Å²) < 4.78 is 31.2. The topological polar surface area (TPSA) is 165 Å². The van der Waals surface area contributed by atoms with Crippen LogP contribution >= 0.6 is 0 Å². The molecular weight excluding hydrogens is 596 g/mol. The molecule has 0 spiro atoms. The molecule has 4 aliphatic heterocycles. The number of ether oxygens (including phenoxy) is 5. The monoisotopic (exact) mass is 638 g/mol. The third-order valence-electron chi connectivity index (χ3n) is 13.4. The van der Waals surface area contributed by atoms with Crippen LogP contribution in [0, 0.1) is 34.0 Å². The summed E-state index contributed by atoms with van der Waals surface area (Å²) in [6.45, 7) is 6.41. The molecule has 8 rings (SSSR count). The van der Waals surface area contributed by atoms with Crippen LogP contribution in [0.5, 0.6) is 0 Å². The first-order valence-corrected chi connectivity index (χ1v) is 16.2. The molecule has 2 bridgehead atoms. The minimum atomic E-state index is -1.47. The van der Waals surface area contributed by atoms with E-state index in [-0.39, 0.29) is 18.8 Å². The van der Waals surface area contributed by atoms with Crippen molar-refractivity contribution in [2.24, 2.45) is 34.0 Å². The lowest BCUT2D eigenvalue weighted by Gasteiger charge is -2.66. The Kier molecular flexibility index (Phi) is 6.33. The largest absolute Gasteiger partial charge is 0.469 e. The molecule has 15 atom stereocenters. The zero-order valence-electron chi connectivity index (χ0n) is 26.4. The molecule has 1 aromatic rings. The van der Waals surface area contributed by atoms with Crippen LogP contribution < -0.4 is 0 Å². The lowest BCUT2D eigenvalue weighted by molar-refractivity contribution is -0.301. The number of aliphatic hydroxyl groups excluding tert-OH is 3. The van der Waals surface area contributed by atoms with Gasteiger partial charge in [-0.2, -0.15) is 0 Å². The highest BCUT2D eigenvalue weighted by atomic mass is 16.7. The van der Waals surface area contributed by atoms with Gasteiger partial charge in [-0.15, -0.1) is 0 Å². The van der Waals surface area contributed by atoms with Gasteiger partial charge in [-0.05, 0) is 38.0 Å². The van der Waals surface area contributed by atoms with Crippen molar-refractivity contribution in [3.8, 4) is 0 Å². The van der Waals surface area contributed by atoms with Crippen LogP contribution in [0.4, 0.5) is 0 Å². The van der Waals surface area contributed by atoms with Crippen LogP contribution in [0.15, 0.2) is 48.7 Å². The number of Topliss-reactive ketones (excluding diaryl/α,β-unsaturated/α-hetero) is 1. The Morgan fingerprint density at radius 1 is 1.11 bits per heavy atom. The summed E-state index contributed by atoms with van der Waals surface area (Å²) in [5.74, 6) is -3.36. The van der Waals surface area contributed by atoms with Gasteiger partial charge in [0, 0.05) is 46.5 Å². The van der Waals surface area contributed by atoms with Crippen molar-refractivity contribution >= 4 is 17.8 Å². The second-order valence-electron chi connectivity index (χ2n) is 15.2. The van der Waals surface area contributed by atoms with E-state index in [4.69, 9.17) is 23.7 Å². The Hall–Kier alpha value is -2.64. The summed E-state index contributed by atoms with van der Waals surface area (Å²) in [6.07, 6.45) is 0.265. The van der Waals surface area contributed by atoms with Crippen molar-refractivity contribution in [3.63, 3.8) is 0 Å². The zero-order valence-corrected chi connectivity index (χ0v) is 26.4. The van der Waals surface area contributed by atoms with Crippen molar-refractivity contribution in [1.29, 1.82) is 0 Å². The summed E-state index contributed by atoms with van der Waals surface area (Å²) in [6, 6.07) is 9.24. The number of hydrogen-bond donors (Lipinski definition) is 4. The fraction of sp³-hybridized carbons (Fsp3) is 0.657. The highest BCUT2D eigenvalue weighted by Crippen LogP contribution is 2.80. The maximum Gasteiger partial charge on any atom is 0.331 e. The molecule has 0 aromatic heterocycles. The number of hydrogen-bond acceptors (Lipinski definition) is 11. The zero-order chi connectivity index (χ0) is 32.7. The maximum atomic E-state index is 14.3. The second kappa shape index (κ2) is 9.49. The molecule has 11 nitrogen and oxygen atoms in total. The molecule has 7 aliphatic rings. The van der Waals surface area contributed by atoms with Crippen molar-refractivity contribution < 1.29 is 53.7 Å². The van der Waals surface area contributed by atoms with E-state index in [1.54, 1.807) is 19.1 Å². The van der Waals surface area contributed by atoms with Gasteiger partial charge >= 0.3 is 5.97 Å². The first-order valence-electron chi connectivity index (χ1n) is 16.2. The van der Waals surface area contributed by atoms with Crippen LogP contribution in [-0.4, -0.2) is 99.0 Å². The van der Waals surface area contributed by atoms with E-state index < -0.39 is 100 Å². The fourth-order valence-electron chi connectivity index (χ4n) is 11.6. The summed E-state index contributed by atoms with van der Waals surface area (Å²) in [5.41, 5.74) is -6.88. The Morgan fingerprint density at radius 3 is 2.54 bits per heavy atom. The van der Waals surface area contributed by atoms with Crippen LogP contribution in [-0.2, 0) is 33.3 Å². The molecule has 3 saturated heterocycles. The number of carbonyl (C=O) groups is 2. The third kappa shape index (κ3) is 3.32. The number of fused-ring (bicyclic) bond motifs is 7. The van der Waals surface area contributed by atoms with E-state index in [2.05, 4.69) is 0 Å². The van der Waals surface area contributed by atoms with E-state index in [0.29, 0.717) is 6.42 Å². The average molecular weight is 639 g/mol. The van der Waals surface area contributed by atoms with Gasteiger partial charge in [0.25, 0.3) is 0 Å². The van der Waals surface area contributed by atoms with Crippen molar-refractivity contribution in [2.45, 2.75) is 94.1 Å². The molecular formula is C35H42O11. The van der Waals surface area contributed by atoms with E-state index >= 15 is 0 Å². The number of benzene rings is 1. The van der Waals surface area contributed by atoms with Gasteiger partial charge in [-0.1, -0.05) is 44.2 Å². The standard InChI is InChI=1S/C35H42O11/c1-18(37)26-31(3,35-23-14-20(32(35,4)46-35)34(41)12-13-42-29(34)45-23)28(40)25-27-30(2,17-43-25)21(38)15-22(33(26,27)16-36)44-24(39)11-10-19-8-6-5-7-9-19/h5-13,20-23,25-29,36,38,40-41H,14-17H2,1-4H3. The van der Waals surface area contributed by atoms with Gasteiger partial charge in [-0.3, -0.25) is 4.79 Å². The van der Waals surface area contributed by atoms with Crippen molar-refractivity contribution in [1.82, 2.24) is 0 Å². The van der Waals surface area contributed by atoms with Gasteiger partial charge in [0.2, 0.25) is 6.29 Å². The minimum Gasteiger partial charge on any atom is -0.469 e. The highest BCUT2D eigenvalue weighted by molar-refractivity contribution is 5.87. The molecule has 15 unspecified atom stereocenters. The molecule has 3 saturated carbocycles. The predicted molar refractivity (Wildman–Crippen MR) is 159 cm³/mol. The number of carbonyl (C=O) groups excluding carboxylic acids is 2. The number of epoxide rings is 1. The molecule has 6 fully saturated rings. The van der Waals surface area contributed by atoms with Crippen LogP contribution in [0.2, 0.25) is 0 Å². The molecule has 0 amide bonds. The highest BCUT2D eigenvalue weighted by Gasteiger charge is 2.94. The van der Waals surface area contributed by atoms with Crippen LogP contribution in [0.3, 0.4) is 0 Å². The molecule has 4 N–H and O–H groups in total. The smallest absolute Gasteiger partial charge is 0.331 e. The summed E-state index contributed by atoms with van der Waals surface area (Å²) >= 11 is 0. The van der Waals surface area contributed by atoms with Gasteiger partial charge in [0.15, 0.2) is 5.60 Å². The molecule has 46 heavy (non-hydrogen) atoms. The maximum absolute atomic E-state index is 14.3. The molecule has 11 heteroatoms. The van der Waals surface area contributed by atoms with Gasteiger partial charge in [0.1, 0.15) is 23.1 Å². The predicted octanol–water partition coefficient (Wildman–Crippen LogP) is 1.51. The summed E-state index contributed by atoms with van der Waals surface area (Å²) in [7, 11) is 0. The average Bonchev–Trinajstić information content (AvgIpc) is 3.24. The van der Waals surface area contributed by atoms with Crippen LogP contribution in [0.25, 0.3) is 6.08 Å². The molecule has 1 aromatic carbocycles. The molecule has 3 aliphatic carbocycles. The van der Waals surface area contributed by atoms with Gasteiger partial charge < -0.3 is 44.1 Å². The SMILES string of the molecule is CC(=O)C1C2(CO)C(OC(=O)C=Cc3ccccc3)CC(O)C3(C)COC(C32)C(O)C1(C)C12OC1(C)C1CC2OC2OC=CC21O. The number of aliphatic hydroxyl groups is 4. The van der Waals surface area contributed by atoms with Gasteiger partial charge in [-0.25, -0.2) is 4.79 Å². The first kappa shape index (κ1) is 30.7. The number of esters is 1. The summed E-state index contributed by atoms with van der Waals surface area (Å²) in [5, 5.41) is 47.4. The van der Waals surface area contributed by atoms with E-state index in [0.717, 1.165) is 5.56 Å². The molecule has 0 radical (unpaired) electrons. The Morgan fingerprint density at radius 2 is 1.85 bits per heavy atom. The first-order chi connectivity index (χ1) is 21.8. The fourth-order valence-corrected chi connectivity index (χ4v) is 11.6. The number of rotatable bonds is 6. The second-order valence-corrected chi connectivity index (χ2v) is 15.2. The lowest BCUT2D eigenvalue weighted by atomic mass is 9.37. The lowest BCUT2D eigenvalue weighted by Crippen LogP contribution is -2.77. The van der Waals surface area contributed by atoms with Crippen LogP contribution in [0.1, 0.15) is 46.1 Å². The Balaban J connectivity index is 1.26. The van der Waals surface area contributed by atoms with E-state index in [9.17, 15) is 30.0 Å². The Bertz CT molecular complexity index is 1530. The Labute approximate surface area is 267 Å². The quantitative estimate of drug-likeness (QED) is 0.203. The molecule has 248 valence electrons. The van der Waals surface area contributed by atoms with E-state index in [1.165, 1.54) is 19.3 Å². The normalized spacial score (nSPS) is 54.1. The third-order valence-corrected chi connectivity index (χ3v) is 13.4.